The molecule has 0 aromatic carbocycles. The van der Waals surface area contributed by atoms with Crippen molar-refractivity contribution in [2.75, 3.05) is 40.0 Å². The molecule has 4 aromatic heterocycles. The Bertz CT molecular complexity index is 1390. The summed E-state index contributed by atoms with van der Waals surface area (Å²) in [6.07, 6.45) is 8.32. The Morgan fingerprint density at radius 3 is 2.71 bits per heavy atom. The van der Waals surface area contributed by atoms with Gasteiger partial charge in [0.05, 0.1) is 24.2 Å². The number of piperidine rings is 1. The largest absolute Gasteiger partial charge is 0.493 e. The van der Waals surface area contributed by atoms with E-state index in [1.807, 2.05) is 23.6 Å². The number of hydrogen-bond acceptors (Lipinski definition) is 8. The van der Waals surface area contributed by atoms with E-state index in [9.17, 15) is 0 Å². The minimum absolute atomic E-state index is 0.261. The molecule has 2 aliphatic heterocycles. The fourth-order valence-electron chi connectivity index (χ4n) is 6.04. The van der Waals surface area contributed by atoms with Crippen molar-refractivity contribution in [2.24, 2.45) is 5.92 Å². The van der Waals surface area contributed by atoms with Crippen molar-refractivity contribution >= 4 is 17.0 Å². The molecule has 0 amide bonds. The summed E-state index contributed by atoms with van der Waals surface area (Å²) in [5.41, 5.74) is 5.88. The molecule has 0 aliphatic carbocycles. The number of methoxy groups -OCH3 is 1. The Balaban J connectivity index is 1.24. The lowest BCUT2D eigenvalue weighted by Gasteiger charge is -2.35. The first-order chi connectivity index (χ1) is 18.5. The SMILES string of the molecule is COc1cc(-c2n[nH]c(-c3nc(C)c(C4CCN(CC5CCOCC5)CC4)s3)c2C(C)C)cn2ncnc12. The molecule has 38 heavy (non-hydrogen) atoms. The lowest BCUT2D eigenvalue weighted by Crippen LogP contribution is -2.38. The Morgan fingerprint density at radius 1 is 1.18 bits per heavy atom. The lowest BCUT2D eigenvalue weighted by atomic mass is 9.92. The maximum absolute atomic E-state index is 5.60. The van der Waals surface area contributed by atoms with Gasteiger partial charge in [0, 0.05) is 42.0 Å². The standard InChI is InChI=1S/C28H37N7O2S/c1-17(2)23-24(21-13-22(36-4)27-29-16-30-35(27)15-21)32-33-25(23)28-31-18(3)26(38-28)20-5-9-34(10-6-20)14-19-7-11-37-12-8-19/h13,15-17,19-20H,5-12,14H2,1-4H3,(H,32,33). The number of thiazole rings is 1. The van der Waals surface area contributed by atoms with Gasteiger partial charge in [0.15, 0.2) is 11.4 Å². The summed E-state index contributed by atoms with van der Waals surface area (Å²) in [4.78, 5) is 13.5. The van der Waals surface area contributed by atoms with E-state index < -0.39 is 0 Å². The van der Waals surface area contributed by atoms with Crippen molar-refractivity contribution < 1.29 is 9.47 Å². The van der Waals surface area contributed by atoms with Crippen LogP contribution < -0.4 is 4.74 Å². The second kappa shape index (κ2) is 10.7. The molecule has 1 N–H and O–H groups in total. The lowest BCUT2D eigenvalue weighted by molar-refractivity contribution is 0.0488. The van der Waals surface area contributed by atoms with Crippen LogP contribution in [0, 0.1) is 12.8 Å². The van der Waals surface area contributed by atoms with Gasteiger partial charge in [-0.2, -0.15) is 10.2 Å². The molecule has 0 atom stereocenters. The summed E-state index contributed by atoms with van der Waals surface area (Å²) in [6.45, 7) is 12.0. The van der Waals surface area contributed by atoms with E-state index in [1.54, 1.807) is 11.6 Å². The monoisotopic (exact) mass is 535 g/mol. The van der Waals surface area contributed by atoms with Crippen LogP contribution in [0.2, 0.25) is 0 Å². The average molecular weight is 536 g/mol. The van der Waals surface area contributed by atoms with Crippen molar-refractivity contribution in [2.45, 2.75) is 58.3 Å². The fraction of sp³-hybridized carbons (Fsp3) is 0.571. The summed E-state index contributed by atoms with van der Waals surface area (Å²) in [5.74, 6) is 2.31. The molecule has 2 fully saturated rings. The third-order valence-corrected chi connectivity index (χ3v) is 9.42. The van der Waals surface area contributed by atoms with E-state index in [0.29, 0.717) is 17.3 Å². The Kier molecular flexibility index (Phi) is 7.20. The maximum Gasteiger partial charge on any atom is 0.197 e. The highest BCUT2D eigenvalue weighted by atomic mass is 32.1. The number of hydrogen-bond donors (Lipinski definition) is 1. The molecular weight excluding hydrogens is 498 g/mol. The minimum Gasteiger partial charge on any atom is -0.493 e. The summed E-state index contributed by atoms with van der Waals surface area (Å²) < 4.78 is 12.9. The number of aryl methyl sites for hydroxylation is 1. The number of aromatic amines is 1. The van der Waals surface area contributed by atoms with Crippen LogP contribution in [0.1, 0.15) is 67.5 Å². The molecule has 0 radical (unpaired) electrons. The second-order valence-electron chi connectivity index (χ2n) is 10.9. The molecule has 2 saturated heterocycles. The van der Waals surface area contributed by atoms with Gasteiger partial charge >= 0.3 is 0 Å². The Morgan fingerprint density at radius 2 is 1.97 bits per heavy atom. The number of rotatable bonds is 7. The van der Waals surface area contributed by atoms with E-state index in [2.05, 4.69) is 40.9 Å². The van der Waals surface area contributed by atoms with Crippen LogP contribution in [0.25, 0.3) is 27.6 Å². The number of aromatic nitrogens is 6. The van der Waals surface area contributed by atoms with E-state index in [0.717, 1.165) is 52.3 Å². The fourth-order valence-corrected chi connectivity index (χ4v) is 7.28. The molecule has 6 heterocycles. The summed E-state index contributed by atoms with van der Waals surface area (Å²) in [6, 6.07) is 1.99. The van der Waals surface area contributed by atoms with Crippen LogP contribution in [0.15, 0.2) is 18.6 Å². The van der Waals surface area contributed by atoms with Gasteiger partial charge in [0.1, 0.15) is 11.3 Å². The van der Waals surface area contributed by atoms with Gasteiger partial charge in [0.25, 0.3) is 0 Å². The van der Waals surface area contributed by atoms with Gasteiger partial charge in [-0.1, -0.05) is 13.8 Å². The van der Waals surface area contributed by atoms with Crippen LogP contribution in [-0.4, -0.2) is 74.6 Å². The zero-order chi connectivity index (χ0) is 26.2. The number of ether oxygens (including phenoxy) is 2. The first kappa shape index (κ1) is 25.5. The summed E-state index contributed by atoms with van der Waals surface area (Å²) >= 11 is 1.84. The van der Waals surface area contributed by atoms with Crippen LogP contribution in [-0.2, 0) is 4.74 Å². The number of H-pyrrole nitrogens is 1. The molecule has 0 saturated carbocycles. The zero-order valence-electron chi connectivity index (χ0n) is 22.7. The highest BCUT2D eigenvalue weighted by molar-refractivity contribution is 7.15. The van der Waals surface area contributed by atoms with E-state index in [-0.39, 0.29) is 5.92 Å². The van der Waals surface area contributed by atoms with E-state index in [1.165, 1.54) is 56.5 Å². The summed E-state index contributed by atoms with van der Waals surface area (Å²) in [5, 5.41) is 13.5. The quantitative estimate of drug-likeness (QED) is 0.344. The van der Waals surface area contributed by atoms with Crippen molar-refractivity contribution in [3.8, 4) is 27.7 Å². The normalized spacial score (nSPS) is 18.1. The second-order valence-corrected chi connectivity index (χ2v) is 12.0. The highest BCUT2D eigenvalue weighted by Crippen LogP contribution is 2.42. The molecule has 0 spiro atoms. The van der Waals surface area contributed by atoms with Crippen LogP contribution in [0.5, 0.6) is 5.75 Å². The van der Waals surface area contributed by atoms with Crippen LogP contribution >= 0.6 is 11.3 Å². The van der Waals surface area contributed by atoms with Gasteiger partial charge in [-0.25, -0.2) is 14.5 Å². The number of nitrogens with zero attached hydrogens (tertiary/aromatic N) is 6. The predicted molar refractivity (Wildman–Crippen MR) is 149 cm³/mol. The summed E-state index contributed by atoms with van der Waals surface area (Å²) in [7, 11) is 1.66. The molecule has 6 rings (SSSR count). The molecule has 9 nitrogen and oxygen atoms in total. The number of fused-ring (bicyclic) bond motifs is 1. The van der Waals surface area contributed by atoms with Crippen molar-refractivity contribution in [1.29, 1.82) is 0 Å². The van der Waals surface area contributed by atoms with Gasteiger partial charge in [-0.05, 0) is 69.5 Å². The topological polar surface area (TPSA) is 93.5 Å². The molecule has 0 bridgehead atoms. The third-order valence-electron chi connectivity index (χ3n) is 8.08. The molecule has 4 aromatic rings. The maximum atomic E-state index is 5.60. The molecule has 10 heteroatoms. The van der Waals surface area contributed by atoms with Gasteiger partial charge in [0.2, 0.25) is 0 Å². The highest BCUT2D eigenvalue weighted by Gasteiger charge is 2.28. The van der Waals surface area contributed by atoms with Gasteiger partial charge in [-0.3, -0.25) is 5.10 Å². The predicted octanol–water partition coefficient (Wildman–Crippen LogP) is 5.29. The molecule has 2 aliphatic rings. The Hall–Kier alpha value is -2.82. The van der Waals surface area contributed by atoms with Crippen molar-refractivity contribution in [3.63, 3.8) is 0 Å². The first-order valence-corrected chi connectivity index (χ1v) is 14.6. The Labute approximate surface area is 227 Å². The number of pyridine rings is 1. The van der Waals surface area contributed by atoms with Crippen molar-refractivity contribution in [1.82, 2.24) is 34.7 Å². The zero-order valence-corrected chi connectivity index (χ0v) is 23.6. The van der Waals surface area contributed by atoms with E-state index >= 15 is 0 Å². The molecule has 0 unspecified atom stereocenters. The van der Waals surface area contributed by atoms with Gasteiger partial charge in [-0.15, -0.1) is 11.3 Å². The number of likely N-dealkylation sites (tertiary alicyclic amines) is 1. The number of nitrogens with one attached hydrogen (secondary N) is 1. The molecule has 202 valence electrons. The van der Waals surface area contributed by atoms with Crippen LogP contribution in [0.4, 0.5) is 0 Å². The van der Waals surface area contributed by atoms with Crippen molar-refractivity contribution in [3.05, 3.63) is 34.7 Å². The minimum atomic E-state index is 0.261. The third kappa shape index (κ3) is 4.85. The van der Waals surface area contributed by atoms with Gasteiger partial charge < -0.3 is 14.4 Å². The van der Waals surface area contributed by atoms with E-state index in [4.69, 9.17) is 19.6 Å². The molecular formula is C28H37N7O2S. The first-order valence-electron chi connectivity index (χ1n) is 13.8. The van der Waals surface area contributed by atoms with Crippen LogP contribution in [0.3, 0.4) is 0 Å². The smallest absolute Gasteiger partial charge is 0.197 e. The average Bonchev–Trinajstić information content (AvgIpc) is 3.67.